The first-order chi connectivity index (χ1) is 14.8. The predicted molar refractivity (Wildman–Crippen MR) is 119 cm³/mol. The van der Waals surface area contributed by atoms with Crippen molar-refractivity contribution in [2.75, 3.05) is 19.0 Å². The number of aryl methyl sites for hydroxylation is 2. The van der Waals surface area contributed by atoms with Crippen LogP contribution in [0.4, 0.5) is 5.69 Å². The number of ether oxygens (including phenoxy) is 2. The van der Waals surface area contributed by atoms with Gasteiger partial charge in [-0.05, 0) is 68.8 Å². The van der Waals surface area contributed by atoms with E-state index in [4.69, 9.17) is 16.3 Å². The Morgan fingerprint density at radius 1 is 1.10 bits per heavy atom. The van der Waals surface area contributed by atoms with Crippen LogP contribution in [0.2, 0.25) is 5.02 Å². The molecule has 1 N–H and O–H groups in total. The van der Waals surface area contributed by atoms with Crippen molar-refractivity contribution in [1.82, 2.24) is 9.78 Å². The third kappa shape index (κ3) is 5.44. The number of aromatic nitrogens is 2. The van der Waals surface area contributed by atoms with Crippen LogP contribution in [0.3, 0.4) is 0 Å². The van der Waals surface area contributed by atoms with Crippen molar-refractivity contribution in [3.8, 4) is 11.4 Å². The van der Waals surface area contributed by atoms with E-state index >= 15 is 0 Å². The summed E-state index contributed by atoms with van der Waals surface area (Å²) >= 11 is 5.97. The van der Waals surface area contributed by atoms with E-state index in [0.717, 1.165) is 28.2 Å². The van der Waals surface area contributed by atoms with Gasteiger partial charge in [-0.25, -0.2) is 9.48 Å². The summed E-state index contributed by atoms with van der Waals surface area (Å²) in [7, 11) is 1.30. The molecular weight excluding hydrogens is 418 g/mol. The van der Waals surface area contributed by atoms with Gasteiger partial charge in [0.05, 0.1) is 24.9 Å². The maximum atomic E-state index is 12.7. The molecule has 8 heteroatoms. The van der Waals surface area contributed by atoms with Gasteiger partial charge in [0.15, 0.2) is 6.61 Å². The SMILES string of the molecule is COC(=O)COc1ccc(NC(=O)Cc2c(C)nn(-c3ccc(Cl)cc3)c2C)c(C)c1. The zero-order valence-corrected chi connectivity index (χ0v) is 18.6. The molecule has 0 spiro atoms. The Hall–Kier alpha value is -3.32. The molecular formula is C23H24ClN3O4. The van der Waals surface area contributed by atoms with Crippen molar-refractivity contribution in [3.63, 3.8) is 0 Å². The number of carbonyl (C=O) groups is 2. The van der Waals surface area contributed by atoms with Crippen molar-refractivity contribution in [2.24, 2.45) is 0 Å². The van der Waals surface area contributed by atoms with Crippen LogP contribution in [-0.2, 0) is 20.7 Å². The molecule has 3 aromatic rings. The second-order valence-electron chi connectivity index (χ2n) is 7.10. The molecule has 0 bridgehead atoms. The number of amides is 1. The van der Waals surface area contributed by atoms with Gasteiger partial charge in [0, 0.05) is 22.0 Å². The quantitative estimate of drug-likeness (QED) is 0.556. The van der Waals surface area contributed by atoms with Crippen LogP contribution in [0.1, 0.15) is 22.5 Å². The van der Waals surface area contributed by atoms with Crippen molar-refractivity contribution < 1.29 is 19.1 Å². The lowest BCUT2D eigenvalue weighted by Gasteiger charge is -2.11. The maximum Gasteiger partial charge on any atom is 0.343 e. The molecule has 0 unspecified atom stereocenters. The van der Waals surface area contributed by atoms with Crippen LogP contribution < -0.4 is 10.1 Å². The zero-order valence-electron chi connectivity index (χ0n) is 17.9. The van der Waals surface area contributed by atoms with Crippen LogP contribution in [0.15, 0.2) is 42.5 Å². The van der Waals surface area contributed by atoms with Crippen LogP contribution in [0.25, 0.3) is 5.69 Å². The maximum absolute atomic E-state index is 12.7. The predicted octanol–water partition coefficient (Wildman–Crippen LogP) is 4.18. The van der Waals surface area contributed by atoms with Gasteiger partial charge < -0.3 is 14.8 Å². The number of hydrogen-bond donors (Lipinski definition) is 1. The molecule has 0 atom stereocenters. The van der Waals surface area contributed by atoms with Crippen LogP contribution >= 0.6 is 11.6 Å². The first-order valence-electron chi connectivity index (χ1n) is 9.69. The Kier molecular flexibility index (Phi) is 6.97. The highest BCUT2D eigenvalue weighted by Crippen LogP contribution is 2.23. The average Bonchev–Trinajstić information content (AvgIpc) is 3.02. The Labute approximate surface area is 185 Å². The van der Waals surface area contributed by atoms with Gasteiger partial charge in [0.1, 0.15) is 5.75 Å². The minimum atomic E-state index is -0.458. The second-order valence-corrected chi connectivity index (χ2v) is 7.54. The third-order valence-corrected chi connectivity index (χ3v) is 5.16. The summed E-state index contributed by atoms with van der Waals surface area (Å²) in [5.74, 6) is -0.0788. The molecule has 1 heterocycles. The molecule has 7 nitrogen and oxygen atoms in total. The van der Waals surface area contributed by atoms with Crippen LogP contribution in [0, 0.1) is 20.8 Å². The van der Waals surface area contributed by atoms with E-state index in [0.29, 0.717) is 16.5 Å². The molecule has 0 fully saturated rings. The van der Waals surface area contributed by atoms with Gasteiger partial charge in [0.25, 0.3) is 0 Å². The highest BCUT2D eigenvalue weighted by molar-refractivity contribution is 6.30. The van der Waals surface area contributed by atoms with Gasteiger partial charge in [-0.3, -0.25) is 4.79 Å². The summed E-state index contributed by atoms with van der Waals surface area (Å²) < 4.78 is 11.7. The number of carbonyl (C=O) groups excluding carboxylic acids is 2. The number of rotatable bonds is 7. The Balaban J connectivity index is 1.70. The molecule has 0 saturated heterocycles. The van der Waals surface area contributed by atoms with Crippen LogP contribution in [-0.4, -0.2) is 35.4 Å². The lowest BCUT2D eigenvalue weighted by Crippen LogP contribution is -2.16. The fraction of sp³-hybridized carbons (Fsp3) is 0.261. The normalized spacial score (nSPS) is 10.6. The Bertz CT molecular complexity index is 1110. The summed E-state index contributed by atoms with van der Waals surface area (Å²) in [6, 6.07) is 12.6. The average molecular weight is 442 g/mol. The largest absolute Gasteiger partial charge is 0.482 e. The van der Waals surface area contributed by atoms with Gasteiger partial charge in [-0.1, -0.05) is 11.6 Å². The molecule has 1 aromatic heterocycles. The van der Waals surface area contributed by atoms with Crippen molar-refractivity contribution in [1.29, 1.82) is 0 Å². The highest BCUT2D eigenvalue weighted by Gasteiger charge is 2.17. The third-order valence-electron chi connectivity index (χ3n) is 4.91. The van der Waals surface area contributed by atoms with Crippen LogP contribution in [0.5, 0.6) is 5.75 Å². The molecule has 0 aliphatic rings. The molecule has 0 aliphatic carbocycles. The van der Waals surface area contributed by atoms with E-state index in [1.165, 1.54) is 7.11 Å². The van der Waals surface area contributed by atoms with E-state index in [9.17, 15) is 9.59 Å². The van der Waals surface area contributed by atoms with Gasteiger partial charge in [-0.2, -0.15) is 5.10 Å². The fourth-order valence-electron chi connectivity index (χ4n) is 3.19. The monoisotopic (exact) mass is 441 g/mol. The minimum Gasteiger partial charge on any atom is -0.482 e. The highest BCUT2D eigenvalue weighted by atomic mass is 35.5. The van der Waals surface area contributed by atoms with Gasteiger partial charge >= 0.3 is 5.97 Å². The van der Waals surface area contributed by atoms with Crippen molar-refractivity contribution in [3.05, 3.63) is 70.0 Å². The van der Waals surface area contributed by atoms with Crippen molar-refractivity contribution >= 4 is 29.2 Å². The molecule has 0 radical (unpaired) electrons. The smallest absolute Gasteiger partial charge is 0.343 e. The van der Waals surface area contributed by atoms with E-state index < -0.39 is 5.97 Å². The van der Waals surface area contributed by atoms with E-state index in [-0.39, 0.29) is 18.9 Å². The standard InChI is InChI=1S/C23H24ClN3O4/c1-14-11-19(31-13-23(29)30-4)9-10-21(14)25-22(28)12-20-15(2)26-27(16(20)3)18-7-5-17(24)6-8-18/h5-11H,12-13H2,1-4H3,(H,25,28). The molecule has 1 amide bonds. The summed E-state index contributed by atoms with van der Waals surface area (Å²) in [4.78, 5) is 23.9. The summed E-state index contributed by atoms with van der Waals surface area (Å²) in [5, 5.41) is 8.17. The minimum absolute atomic E-state index is 0.145. The first kappa shape index (κ1) is 22.4. The molecule has 162 valence electrons. The zero-order chi connectivity index (χ0) is 22.5. The lowest BCUT2D eigenvalue weighted by atomic mass is 10.1. The number of benzene rings is 2. The molecule has 2 aromatic carbocycles. The summed E-state index contributed by atoms with van der Waals surface area (Å²) in [6.45, 7) is 5.52. The number of esters is 1. The number of halogens is 1. The first-order valence-corrected chi connectivity index (χ1v) is 10.1. The fourth-order valence-corrected chi connectivity index (χ4v) is 3.31. The molecule has 31 heavy (non-hydrogen) atoms. The Morgan fingerprint density at radius 2 is 1.81 bits per heavy atom. The lowest BCUT2D eigenvalue weighted by molar-refractivity contribution is -0.142. The molecule has 3 rings (SSSR count). The van der Waals surface area contributed by atoms with Crippen molar-refractivity contribution in [2.45, 2.75) is 27.2 Å². The second kappa shape index (κ2) is 9.66. The van der Waals surface area contributed by atoms with Gasteiger partial charge in [-0.15, -0.1) is 0 Å². The van der Waals surface area contributed by atoms with Gasteiger partial charge in [0.2, 0.25) is 5.91 Å². The summed E-state index contributed by atoms with van der Waals surface area (Å²) in [5.41, 5.74) is 4.96. The Morgan fingerprint density at radius 3 is 2.45 bits per heavy atom. The number of methoxy groups -OCH3 is 1. The molecule has 0 saturated carbocycles. The molecule has 0 aliphatic heterocycles. The number of nitrogens with zero attached hydrogens (tertiary/aromatic N) is 2. The van der Waals surface area contributed by atoms with E-state index in [1.807, 2.05) is 37.6 Å². The topological polar surface area (TPSA) is 82.4 Å². The van der Waals surface area contributed by atoms with E-state index in [1.54, 1.807) is 30.3 Å². The number of anilines is 1. The number of hydrogen-bond acceptors (Lipinski definition) is 5. The van der Waals surface area contributed by atoms with E-state index in [2.05, 4.69) is 15.2 Å². The number of nitrogens with one attached hydrogen (secondary N) is 1. The summed E-state index contributed by atoms with van der Waals surface area (Å²) in [6.07, 6.45) is 0.200.